The third-order valence-corrected chi connectivity index (χ3v) is 4.81. The summed E-state index contributed by atoms with van der Waals surface area (Å²) in [5.74, 6) is -0.159. The molecule has 1 aromatic heterocycles. The molecule has 0 saturated heterocycles. The Kier molecular flexibility index (Phi) is 4.98. The van der Waals surface area contributed by atoms with Crippen molar-refractivity contribution in [2.75, 3.05) is 6.26 Å². The van der Waals surface area contributed by atoms with Gasteiger partial charge in [0, 0.05) is 17.0 Å². The van der Waals surface area contributed by atoms with Crippen molar-refractivity contribution in [1.82, 2.24) is 5.32 Å². The van der Waals surface area contributed by atoms with E-state index in [1.54, 1.807) is 12.1 Å². The Labute approximate surface area is 130 Å². The largest absolute Gasteiger partial charge is 0.345 e. The topological polar surface area (TPSA) is 72.2 Å². The molecule has 1 amide bonds. The minimum Gasteiger partial charge on any atom is -0.345 e. The molecule has 1 aromatic carbocycles. The van der Waals surface area contributed by atoms with E-state index in [0.29, 0.717) is 10.4 Å². The van der Waals surface area contributed by atoms with Crippen LogP contribution >= 0.6 is 23.1 Å². The molecule has 1 heterocycles. The van der Waals surface area contributed by atoms with Crippen LogP contribution in [0.5, 0.6) is 0 Å². The van der Waals surface area contributed by atoms with Gasteiger partial charge in [0.2, 0.25) is 0 Å². The predicted octanol–water partition coefficient (Wildman–Crippen LogP) is 3.87. The fraction of sp³-hybridized carbons (Fsp3) is 0.214. The average Bonchev–Trinajstić information content (AvgIpc) is 2.95. The van der Waals surface area contributed by atoms with Crippen LogP contribution in [0.1, 0.15) is 28.2 Å². The van der Waals surface area contributed by atoms with E-state index in [1.807, 2.05) is 24.6 Å². The predicted molar refractivity (Wildman–Crippen MR) is 85.1 cm³/mol. The number of hydrogen-bond donors (Lipinski definition) is 1. The molecule has 2 rings (SSSR count). The zero-order valence-corrected chi connectivity index (χ0v) is 13.2. The van der Waals surface area contributed by atoms with E-state index in [-0.39, 0.29) is 17.6 Å². The summed E-state index contributed by atoms with van der Waals surface area (Å²) in [4.78, 5) is 24.2. The molecule has 0 aliphatic heterocycles. The summed E-state index contributed by atoms with van der Waals surface area (Å²) >= 11 is 2.91. The third-order valence-electron chi connectivity index (χ3n) is 2.98. The zero-order valence-electron chi connectivity index (χ0n) is 11.5. The van der Waals surface area contributed by atoms with Crippen molar-refractivity contribution in [3.63, 3.8) is 0 Å². The van der Waals surface area contributed by atoms with Gasteiger partial charge in [-0.3, -0.25) is 14.9 Å². The summed E-state index contributed by atoms with van der Waals surface area (Å²) in [7, 11) is 0. The number of thiophene rings is 1. The molecule has 110 valence electrons. The summed E-state index contributed by atoms with van der Waals surface area (Å²) in [6.07, 6.45) is 1.92. The number of nitrogens with one attached hydrogen (secondary N) is 1. The number of nitro groups is 1. The van der Waals surface area contributed by atoms with E-state index in [9.17, 15) is 14.9 Å². The molecule has 2 aromatic rings. The molecule has 1 N–H and O–H groups in total. The summed E-state index contributed by atoms with van der Waals surface area (Å²) in [5.41, 5.74) is 0.731. The molecular weight excluding hydrogens is 308 g/mol. The van der Waals surface area contributed by atoms with Crippen LogP contribution in [0.15, 0.2) is 40.6 Å². The van der Waals surface area contributed by atoms with Gasteiger partial charge in [0.15, 0.2) is 0 Å². The maximum absolute atomic E-state index is 12.2. The van der Waals surface area contributed by atoms with Crippen LogP contribution in [0.2, 0.25) is 0 Å². The van der Waals surface area contributed by atoms with Crippen molar-refractivity contribution < 1.29 is 9.72 Å². The van der Waals surface area contributed by atoms with Gasteiger partial charge >= 0.3 is 0 Å². The zero-order chi connectivity index (χ0) is 15.4. The van der Waals surface area contributed by atoms with E-state index in [0.717, 1.165) is 4.90 Å². The van der Waals surface area contributed by atoms with Gasteiger partial charge in [0.1, 0.15) is 4.88 Å². The molecule has 7 heteroatoms. The number of non-ortho nitro benzene ring substituents is 1. The lowest BCUT2D eigenvalue weighted by molar-refractivity contribution is -0.384. The fourth-order valence-corrected chi connectivity index (χ4v) is 3.53. The first-order valence-corrected chi connectivity index (χ1v) is 8.30. The smallest absolute Gasteiger partial charge is 0.269 e. The minimum atomic E-state index is -0.441. The van der Waals surface area contributed by atoms with E-state index >= 15 is 0 Å². The minimum absolute atomic E-state index is 0.0227. The SMILES string of the molecule is CSc1ccsc1C(=O)NC(C)c1cccc([N+](=O)[O-])c1. The number of nitro benzene ring substituents is 1. The summed E-state index contributed by atoms with van der Waals surface area (Å²) in [5, 5.41) is 15.5. The first kappa shape index (κ1) is 15.5. The first-order valence-electron chi connectivity index (χ1n) is 6.19. The molecular formula is C14H14N2O3S2. The van der Waals surface area contributed by atoms with Gasteiger partial charge in [0.05, 0.1) is 11.0 Å². The highest BCUT2D eigenvalue weighted by atomic mass is 32.2. The molecule has 0 fully saturated rings. The number of carbonyl (C=O) groups excluding carboxylic acids is 1. The number of thioether (sulfide) groups is 1. The molecule has 21 heavy (non-hydrogen) atoms. The number of benzene rings is 1. The van der Waals surface area contributed by atoms with Crippen molar-refractivity contribution in [2.24, 2.45) is 0 Å². The highest BCUT2D eigenvalue weighted by molar-refractivity contribution is 7.98. The van der Waals surface area contributed by atoms with Crippen LogP contribution in [0, 0.1) is 10.1 Å². The Balaban J connectivity index is 2.14. The van der Waals surface area contributed by atoms with Crippen molar-refractivity contribution in [3.8, 4) is 0 Å². The molecule has 0 radical (unpaired) electrons. The Morgan fingerprint density at radius 2 is 2.19 bits per heavy atom. The first-order chi connectivity index (χ1) is 10.0. The number of nitrogens with zero attached hydrogens (tertiary/aromatic N) is 1. The number of rotatable bonds is 5. The van der Waals surface area contributed by atoms with Gasteiger partial charge in [-0.2, -0.15) is 0 Å². The third kappa shape index (κ3) is 3.62. The molecule has 0 saturated carbocycles. The van der Waals surface area contributed by atoms with Gasteiger partial charge < -0.3 is 5.32 Å². The van der Waals surface area contributed by atoms with Crippen LogP contribution in [0.25, 0.3) is 0 Å². The second-order valence-electron chi connectivity index (χ2n) is 4.37. The molecule has 1 unspecified atom stereocenters. The number of hydrogen-bond acceptors (Lipinski definition) is 5. The van der Waals surface area contributed by atoms with Crippen LogP contribution in [0.3, 0.4) is 0 Å². The van der Waals surface area contributed by atoms with Crippen molar-refractivity contribution >= 4 is 34.7 Å². The summed E-state index contributed by atoms with van der Waals surface area (Å²) in [6, 6.07) is 7.91. The maximum Gasteiger partial charge on any atom is 0.269 e. The molecule has 1 atom stereocenters. The molecule has 0 spiro atoms. The van der Waals surface area contributed by atoms with Crippen molar-refractivity contribution in [3.05, 3.63) is 56.3 Å². The van der Waals surface area contributed by atoms with Crippen LogP contribution in [-0.2, 0) is 0 Å². The monoisotopic (exact) mass is 322 g/mol. The highest BCUT2D eigenvalue weighted by Crippen LogP contribution is 2.26. The highest BCUT2D eigenvalue weighted by Gasteiger charge is 2.17. The summed E-state index contributed by atoms with van der Waals surface area (Å²) < 4.78 is 0. The van der Waals surface area contributed by atoms with E-state index < -0.39 is 4.92 Å². The van der Waals surface area contributed by atoms with Crippen LogP contribution in [-0.4, -0.2) is 17.1 Å². The Morgan fingerprint density at radius 1 is 1.43 bits per heavy atom. The van der Waals surface area contributed by atoms with Gasteiger partial charge in [-0.15, -0.1) is 23.1 Å². The van der Waals surface area contributed by atoms with Crippen LogP contribution < -0.4 is 5.32 Å². The Morgan fingerprint density at radius 3 is 2.86 bits per heavy atom. The van der Waals surface area contributed by atoms with Gasteiger partial charge in [-0.05, 0) is 30.2 Å². The quantitative estimate of drug-likeness (QED) is 0.515. The standard InChI is InChI=1S/C14H14N2O3S2/c1-9(10-4-3-5-11(8-10)16(18)19)15-14(17)13-12(20-2)6-7-21-13/h3-9H,1-2H3,(H,15,17). The van der Waals surface area contributed by atoms with Gasteiger partial charge in [-0.1, -0.05) is 12.1 Å². The Bertz CT molecular complexity index is 670. The molecule has 0 aliphatic rings. The fourth-order valence-electron chi connectivity index (χ4n) is 1.88. The van der Waals surface area contributed by atoms with Crippen LogP contribution in [0.4, 0.5) is 5.69 Å². The number of amides is 1. The lowest BCUT2D eigenvalue weighted by Crippen LogP contribution is -2.26. The normalized spacial score (nSPS) is 11.9. The summed E-state index contributed by atoms with van der Waals surface area (Å²) in [6.45, 7) is 1.81. The van der Waals surface area contributed by atoms with Gasteiger partial charge in [0.25, 0.3) is 11.6 Å². The molecule has 0 aliphatic carbocycles. The van der Waals surface area contributed by atoms with Gasteiger partial charge in [-0.25, -0.2) is 0 Å². The maximum atomic E-state index is 12.2. The second-order valence-corrected chi connectivity index (χ2v) is 6.13. The number of carbonyl (C=O) groups is 1. The lowest BCUT2D eigenvalue weighted by atomic mass is 10.1. The Hall–Kier alpha value is -1.86. The lowest BCUT2D eigenvalue weighted by Gasteiger charge is -2.14. The van der Waals surface area contributed by atoms with E-state index in [1.165, 1.54) is 35.2 Å². The second kappa shape index (κ2) is 6.73. The van der Waals surface area contributed by atoms with E-state index in [4.69, 9.17) is 0 Å². The molecule has 5 nitrogen and oxygen atoms in total. The average molecular weight is 322 g/mol. The van der Waals surface area contributed by atoms with Crippen molar-refractivity contribution in [2.45, 2.75) is 17.9 Å². The van der Waals surface area contributed by atoms with Crippen molar-refractivity contribution in [1.29, 1.82) is 0 Å². The van der Waals surface area contributed by atoms with E-state index in [2.05, 4.69) is 5.32 Å². The molecule has 0 bridgehead atoms.